The van der Waals surface area contributed by atoms with Gasteiger partial charge in [-0.05, 0) is 38.1 Å². The van der Waals surface area contributed by atoms with Crippen LogP contribution < -0.4 is 4.90 Å². The summed E-state index contributed by atoms with van der Waals surface area (Å²) in [5, 5.41) is 0. The molecule has 0 N–H and O–H groups in total. The van der Waals surface area contributed by atoms with Crippen molar-refractivity contribution in [2.75, 3.05) is 18.0 Å². The number of piperazine rings is 1. The molecule has 2 atom stereocenters. The van der Waals surface area contributed by atoms with E-state index >= 15 is 0 Å². The zero-order valence-corrected chi connectivity index (χ0v) is 15.8. The lowest BCUT2D eigenvalue weighted by atomic mass is 10.0. The Balaban J connectivity index is 1.59. The van der Waals surface area contributed by atoms with E-state index in [4.69, 9.17) is 0 Å². The Morgan fingerprint density at radius 3 is 2.15 bits per heavy atom. The summed E-state index contributed by atoms with van der Waals surface area (Å²) in [6.45, 7) is 5.44. The van der Waals surface area contributed by atoms with Crippen LogP contribution in [0.3, 0.4) is 0 Å². The average Bonchev–Trinajstić information content (AvgIpc) is 2.66. The normalized spacial score (nSPS) is 19.8. The highest BCUT2D eigenvalue weighted by molar-refractivity contribution is 5.98. The zero-order valence-electron chi connectivity index (χ0n) is 15.8. The van der Waals surface area contributed by atoms with E-state index in [0.717, 1.165) is 5.69 Å². The molecule has 0 radical (unpaired) electrons. The summed E-state index contributed by atoms with van der Waals surface area (Å²) in [6.07, 6.45) is 0.138. The Morgan fingerprint density at radius 1 is 0.926 bits per heavy atom. The largest absolute Gasteiger partial charge is 0.363 e. The zero-order chi connectivity index (χ0) is 19.4. The fourth-order valence-electron chi connectivity index (χ4n) is 3.84. The third-order valence-corrected chi connectivity index (χ3v) is 5.07. The molecule has 0 bridgehead atoms. The molecule has 0 saturated carbocycles. The minimum Gasteiger partial charge on any atom is -0.363 e. The van der Waals surface area contributed by atoms with Crippen molar-refractivity contribution in [1.82, 2.24) is 4.90 Å². The molecule has 2 unspecified atom stereocenters. The minimum atomic E-state index is -0.534. The smallest absolute Gasteiger partial charge is 0.223 e. The number of amides is 1. The van der Waals surface area contributed by atoms with E-state index in [1.165, 1.54) is 12.1 Å². The Labute approximate surface area is 159 Å². The molecule has 1 saturated heterocycles. The van der Waals surface area contributed by atoms with E-state index in [1.54, 1.807) is 12.1 Å². The van der Waals surface area contributed by atoms with Crippen molar-refractivity contribution < 1.29 is 14.0 Å². The predicted octanol–water partition coefficient (Wildman–Crippen LogP) is 3.91. The second-order valence-corrected chi connectivity index (χ2v) is 7.14. The number of halogens is 1. The van der Waals surface area contributed by atoms with Crippen molar-refractivity contribution in [1.29, 1.82) is 0 Å². The van der Waals surface area contributed by atoms with Gasteiger partial charge < -0.3 is 9.80 Å². The lowest BCUT2D eigenvalue weighted by Gasteiger charge is -2.46. The monoisotopic (exact) mass is 368 g/mol. The number of anilines is 1. The first kappa shape index (κ1) is 19.1. The number of ketones is 1. The first-order chi connectivity index (χ1) is 13.0. The maximum Gasteiger partial charge on any atom is 0.223 e. The number of hydrogen-bond acceptors (Lipinski definition) is 3. The highest BCUT2D eigenvalue weighted by atomic mass is 19.1. The summed E-state index contributed by atoms with van der Waals surface area (Å²) < 4.78 is 13.7. The van der Waals surface area contributed by atoms with E-state index in [2.05, 4.69) is 30.9 Å². The van der Waals surface area contributed by atoms with Crippen LogP contribution in [0.15, 0.2) is 54.6 Å². The van der Waals surface area contributed by atoms with Gasteiger partial charge in [0.1, 0.15) is 5.82 Å². The van der Waals surface area contributed by atoms with Crippen molar-refractivity contribution in [2.24, 2.45) is 0 Å². The second-order valence-electron chi connectivity index (χ2n) is 7.14. The summed E-state index contributed by atoms with van der Waals surface area (Å²) in [4.78, 5) is 29.0. The van der Waals surface area contributed by atoms with E-state index in [-0.39, 0.29) is 42.2 Å². The Kier molecular flexibility index (Phi) is 5.89. The Hall–Kier alpha value is -2.69. The Bertz CT molecular complexity index is 797. The van der Waals surface area contributed by atoms with Gasteiger partial charge in [-0.2, -0.15) is 0 Å². The van der Waals surface area contributed by atoms with E-state index in [9.17, 15) is 14.0 Å². The van der Waals surface area contributed by atoms with E-state index < -0.39 is 5.82 Å². The van der Waals surface area contributed by atoms with Gasteiger partial charge in [-0.15, -0.1) is 0 Å². The maximum atomic E-state index is 13.7. The van der Waals surface area contributed by atoms with Crippen molar-refractivity contribution in [3.8, 4) is 0 Å². The number of benzene rings is 2. The highest BCUT2D eigenvalue weighted by Gasteiger charge is 2.31. The molecule has 3 rings (SSSR count). The third-order valence-electron chi connectivity index (χ3n) is 5.07. The topological polar surface area (TPSA) is 40.6 Å². The standard InChI is InChI=1S/C22H25FN2O2/c1-16-14-24(15-17(2)25(16)18-8-4-3-5-9-18)22(27)13-12-21(26)19-10-6-7-11-20(19)23/h3-11,16-17H,12-15H2,1-2H3. The van der Waals surface area contributed by atoms with Gasteiger partial charge in [0.2, 0.25) is 5.91 Å². The molecule has 5 heteroatoms. The number of para-hydroxylation sites is 1. The molecular weight excluding hydrogens is 343 g/mol. The molecular formula is C22H25FN2O2. The molecule has 4 nitrogen and oxygen atoms in total. The van der Waals surface area contributed by atoms with Crippen molar-refractivity contribution in [3.05, 3.63) is 66.0 Å². The first-order valence-electron chi connectivity index (χ1n) is 9.36. The van der Waals surface area contributed by atoms with Crippen LogP contribution in [-0.4, -0.2) is 41.8 Å². The fraction of sp³-hybridized carbons (Fsp3) is 0.364. The van der Waals surface area contributed by atoms with Gasteiger partial charge >= 0.3 is 0 Å². The van der Waals surface area contributed by atoms with Gasteiger partial charge in [-0.1, -0.05) is 30.3 Å². The Morgan fingerprint density at radius 2 is 1.52 bits per heavy atom. The van der Waals surface area contributed by atoms with Crippen molar-refractivity contribution in [2.45, 2.75) is 38.8 Å². The fourth-order valence-corrected chi connectivity index (χ4v) is 3.84. The molecule has 0 spiro atoms. The maximum absolute atomic E-state index is 13.7. The third kappa shape index (κ3) is 4.35. The predicted molar refractivity (Wildman–Crippen MR) is 104 cm³/mol. The first-order valence-corrected chi connectivity index (χ1v) is 9.36. The number of Topliss-reactive ketones (excluding diaryl/α,β-unsaturated/α-hetero) is 1. The molecule has 2 aromatic rings. The molecule has 1 amide bonds. The van der Waals surface area contributed by atoms with Crippen molar-refractivity contribution in [3.63, 3.8) is 0 Å². The van der Waals surface area contributed by atoms with E-state index in [1.807, 2.05) is 23.1 Å². The van der Waals surface area contributed by atoms with Crippen LogP contribution >= 0.6 is 0 Å². The van der Waals surface area contributed by atoms with Crippen LogP contribution in [0.2, 0.25) is 0 Å². The molecule has 27 heavy (non-hydrogen) atoms. The van der Waals surface area contributed by atoms with Gasteiger partial charge in [0.25, 0.3) is 0 Å². The molecule has 1 fully saturated rings. The number of nitrogens with zero attached hydrogens (tertiary/aromatic N) is 2. The number of carbonyl (C=O) groups is 2. The number of carbonyl (C=O) groups excluding carboxylic acids is 2. The quantitative estimate of drug-likeness (QED) is 0.751. The van der Waals surface area contributed by atoms with Gasteiger partial charge in [-0.3, -0.25) is 9.59 Å². The molecule has 142 valence electrons. The molecule has 0 aliphatic carbocycles. The van der Waals surface area contributed by atoms with Gasteiger partial charge in [0, 0.05) is 43.7 Å². The van der Waals surface area contributed by atoms with Crippen LogP contribution in [0, 0.1) is 5.82 Å². The summed E-state index contributed by atoms with van der Waals surface area (Å²) >= 11 is 0. The lowest BCUT2D eigenvalue weighted by molar-refractivity contribution is -0.132. The lowest BCUT2D eigenvalue weighted by Crippen LogP contribution is -2.58. The summed E-state index contributed by atoms with van der Waals surface area (Å²) in [5.74, 6) is -0.912. The summed E-state index contributed by atoms with van der Waals surface area (Å²) in [7, 11) is 0. The molecule has 0 aromatic heterocycles. The van der Waals surface area contributed by atoms with Crippen LogP contribution in [0.1, 0.15) is 37.0 Å². The molecule has 1 aliphatic rings. The molecule has 2 aromatic carbocycles. The average molecular weight is 368 g/mol. The van der Waals surface area contributed by atoms with Crippen LogP contribution in [-0.2, 0) is 4.79 Å². The van der Waals surface area contributed by atoms with Crippen LogP contribution in [0.25, 0.3) is 0 Å². The van der Waals surface area contributed by atoms with Crippen LogP contribution in [0.5, 0.6) is 0 Å². The minimum absolute atomic E-state index is 0.0292. The number of hydrogen-bond donors (Lipinski definition) is 0. The van der Waals surface area contributed by atoms with Gasteiger partial charge in [-0.25, -0.2) is 4.39 Å². The SMILES string of the molecule is CC1CN(C(=O)CCC(=O)c2ccccc2F)CC(C)N1c1ccccc1. The van der Waals surface area contributed by atoms with Crippen molar-refractivity contribution >= 4 is 17.4 Å². The van der Waals surface area contributed by atoms with E-state index in [0.29, 0.717) is 13.1 Å². The second kappa shape index (κ2) is 8.33. The number of rotatable bonds is 5. The van der Waals surface area contributed by atoms with Gasteiger partial charge in [0.15, 0.2) is 5.78 Å². The summed E-state index contributed by atoms with van der Waals surface area (Å²) in [5.41, 5.74) is 1.21. The highest BCUT2D eigenvalue weighted by Crippen LogP contribution is 2.25. The molecule has 1 aliphatic heterocycles. The molecule has 1 heterocycles. The van der Waals surface area contributed by atoms with Crippen LogP contribution in [0.4, 0.5) is 10.1 Å². The summed E-state index contributed by atoms with van der Waals surface area (Å²) in [6, 6.07) is 16.5. The van der Waals surface area contributed by atoms with Gasteiger partial charge in [0.05, 0.1) is 5.56 Å².